The van der Waals surface area contributed by atoms with Crippen LogP contribution in [0.25, 0.3) is 0 Å². The van der Waals surface area contributed by atoms with Crippen LogP contribution in [0, 0.1) is 0 Å². The van der Waals surface area contributed by atoms with Crippen molar-refractivity contribution in [1.29, 1.82) is 0 Å². The molecule has 1 aromatic carbocycles. The molecule has 130 valence electrons. The smallest absolute Gasteiger partial charge is 0.290 e. The number of hydrogen-bond donors (Lipinski definition) is 0. The van der Waals surface area contributed by atoms with E-state index in [0.717, 1.165) is 5.82 Å². The maximum atomic E-state index is 12.5. The lowest BCUT2D eigenvalue weighted by Gasteiger charge is -2.17. The lowest BCUT2D eigenvalue weighted by Crippen LogP contribution is -2.27. The number of aromatic nitrogens is 3. The standard InChI is InChI=1S/C18H20N4O3/c1-13(2)22-12-19-20-16(22)11-21(3)18(23)15-9-10-17(25-15)24-14-7-5-4-6-8-14/h4-10,12-13H,11H2,1-3H3. The Hall–Kier alpha value is -3.09. The van der Waals surface area contributed by atoms with Gasteiger partial charge in [-0.25, -0.2) is 0 Å². The summed E-state index contributed by atoms with van der Waals surface area (Å²) in [6, 6.07) is 12.7. The molecule has 2 aromatic heterocycles. The first-order valence-electron chi connectivity index (χ1n) is 8.01. The number of para-hydroxylation sites is 1. The quantitative estimate of drug-likeness (QED) is 0.686. The van der Waals surface area contributed by atoms with Crippen LogP contribution in [0.1, 0.15) is 36.3 Å². The lowest BCUT2D eigenvalue weighted by molar-refractivity contribution is 0.0742. The van der Waals surface area contributed by atoms with Gasteiger partial charge in [0, 0.05) is 19.2 Å². The number of benzene rings is 1. The van der Waals surface area contributed by atoms with Gasteiger partial charge >= 0.3 is 0 Å². The first kappa shape index (κ1) is 16.8. The van der Waals surface area contributed by atoms with Gasteiger partial charge in [-0.05, 0) is 32.0 Å². The van der Waals surface area contributed by atoms with E-state index in [2.05, 4.69) is 10.2 Å². The Bertz CT molecular complexity index is 839. The highest BCUT2D eigenvalue weighted by molar-refractivity contribution is 5.91. The van der Waals surface area contributed by atoms with E-state index in [4.69, 9.17) is 9.15 Å². The van der Waals surface area contributed by atoms with Gasteiger partial charge in [-0.2, -0.15) is 0 Å². The van der Waals surface area contributed by atoms with Crippen molar-refractivity contribution >= 4 is 5.91 Å². The number of nitrogens with zero attached hydrogens (tertiary/aromatic N) is 4. The number of amides is 1. The largest absolute Gasteiger partial charge is 0.426 e. The maximum Gasteiger partial charge on any atom is 0.290 e. The number of ether oxygens (including phenoxy) is 1. The van der Waals surface area contributed by atoms with Crippen molar-refractivity contribution in [3.05, 3.63) is 60.4 Å². The molecule has 0 fully saturated rings. The van der Waals surface area contributed by atoms with Gasteiger partial charge in [0.05, 0.1) is 6.54 Å². The van der Waals surface area contributed by atoms with Gasteiger partial charge in [0.15, 0.2) is 11.6 Å². The molecule has 0 aliphatic heterocycles. The van der Waals surface area contributed by atoms with Crippen LogP contribution in [-0.4, -0.2) is 32.6 Å². The second-order valence-electron chi connectivity index (χ2n) is 5.94. The predicted octanol–water partition coefficient (Wildman–Crippen LogP) is 3.52. The third-order valence-corrected chi connectivity index (χ3v) is 3.68. The highest BCUT2D eigenvalue weighted by atomic mass is 16.6. The molecule has 0 aliphatic rings. The molecule has 0 N–H and O–H groups in total. The van der Waals surface area contributed by atoms with Gasteiger partial charge in [0.2, 0.25) is 0 Å². The Morgan fingerprint density at radius 3 is 2.72 bits per heavy atom. The molecule has 1 amide bonds. The fourth-order valence-corrected chi connectivity index (χ4v) is 2.38. The molecule has 3 aromatic rings. The molecular formula is C18H20N4O3. The molecule has 0 saturated carbocycles. The van der Waals surface area contributed by atoms with Gasteiger partial charge in [-0.1, -0.05) is 18.2 Å². The van der Waals surface area contributed by atoms with Crippen LogP contribution >= 0.6 is 0 Å². The molecule has 25 heavy (non-hydrogen) atoms. The van der Waals surface area contributed by atoms with Gasteiger partial charge < -0.3 is 18.6 Å². The number of carbonyl (C=O) groups excluding carboxylic acids is 1. The minimum atomic E-state index is -0.249. The highest BCUT2D eigenvalue weighted by Crippen LogP contribution is 2.24. The molecule has 0 saturated heterocycles. The van der Waals surface area contributed by atoms with Crippen LogP contribution in [-0.2, 0) is 6.54 Å². The van der Waals surface area contributed by atoms with Crippen molar-refractivity contribution in [3.8, 4) is 11.7 Å². The molecule has 7 heteroatoms. The SMILES string of the molecule is CC(C)n1cnnc1CN(C)C(=O)c1ccc(Oc2ccccc2)o1. The molecule has 3 rings (SSSR count). The van der Waals surface area contributed by atoms with Crippen molar-refractivity contribution in [3.63, 3.8) is 0 Å². The second-order valence-corrected chi connectivity index (χ2v) is 5.94. The van der Waals surface area contributed by atoms with E-state index in [0.29, 0.717) is 12.3 Å². The van der Waals surface area contributed by atoms with Gasteiger partial charge in [-0.3, -0.25) is 4.79 Å². The molecule has 7 nitrogen and oxygen atoms in total. The van der Waals surface area contributed by atoms with Crippen LogP contribution < -0.4 is 4.74 Å². The summed E-state index contributed by atoms with van der Waals surface area (Å²) < 4.78 is 13.0. The first-order valence-corrected chi connectivity index (χ1v) is 8.01. The monoisotopic (exact) mass is 340 g/mol. The first-order chi connectivity index (χ1) is 12.0. The highest BCUT2D eigenvalue weighted by Gasteiger charge is 2.19. The summed E-state index contributed by atoms with van der Waals surface area (Å²) in [6.45, 7) is 4.41. The molecule has 0 unspecified atom stereocenters. The van der Waals surface area contributed by atoms with Gasteiger partial charge in [0.1, 0.15) is 12.1 Å². The number of rotatable bonds is 6. The van der Waals surface area contributed by atoms with Crippen molar-refractivity contribution in [1.82, 2.24) is 19.7 Å². The van der Waals surface area contributed by atoms with Crippen LogP contribution in [0.15, 0.2) is 53.2 Å². The number of hydrogen-bond acceptors (Lipinski definition) is 5. The van der Waals surface area contributed by atoms with E-state index in [1.165, 1.54) is 4.90 Å². The number of furan rings is 1. The van der Waals surface area contributed by atoms with Crippen molar-refractivity contribution in [2.24, 2.45) is 0 Å². The van der Waals surface area contributed by atoms with Crippen molar-refractivity contribution in [2.75, 3.05) is 7.05 Å². The Balaban J connectivity index is 1.67. The van der Waals surface area contributed by atoms with E-state index >= 15 is 0 Å². The zero-order valence-corrected chi connectivity index (χ0v) is 14.4. The van der Waals surface area contributed by atoms with E-state index in [-0.39, 0.29) is 23.7 Å². The fraction of sp³-hybridized carbons (Fsp3) is 0.278. The Kier molecular flexibility index (Phi) is 4.83. The molecule has 0 atom stereocenters. The Morgan fingerprint density at radius 2 is 2.00 bits per heavy atom. The zero-order valence-electron chi connectivity index (χ0n) is 14.4. The second kappa shape index (κ2) is 7.21. The topological polar surface area (TPSA) is 73.4 Å². The lowest BCUT2D eigenvalue weighted by atomic mass is 10.3. The zero-order chi connectivity index (χ0) is 17.8. The Morgan fingerprint density at radius 1 is 1.24 bits per heavy atom. The molecule has 2 heterocycles. The maximum absolute atomic E-state index is 12.5. The summed E-state index contributed by atoms with van der Waals surface area (Å²) >= 11 is 0. The van der Waals surface area contributed by atoms with E-state index in [9.17, 15) is 4.79 Å². The summed E-state index contributed by atoms with van der Waals surface area (Å²) in [5.74, 6) is 1.60. The molecule has 0 bridgehead atoms. The average molecular weight is 340 g/mol. The van der Waals surface area contributed by atoms with Crippen LogP contribution in [0.4, 0.5) is 0 Å². The fourth-order valence-electron chi connectivity index (χ4n) is 2.38. The molecule has 0 spiro atoms. The van der Waals surface area contributed by atoms with E-state index < -0.39 is 0 Å². The summed E-state index contributed by atoms with van der Waals surface area (Å²) in [4.78, 5) is 14.1. The summed E-state index contributed by atoms with van der Waals surface area (Å²) in [6.07, 6.45) is 1.66. The van der Waals surface area contributed by atoms with Gasteiger partial charge in [0.25, 0.3) is 11.9 Å². The van der Waals surface area contributed by atoms with Crippen LogP contribution in [0.3, 0.4) is 0 Å². The third-order valence-electron chi connectivity index (χ3n) is 3.68. The van der Waals surface area contributed by atoms with Crippen molar-refractivity contribution in [2.45, 2.75) is 26.4 Å². The number of carbonyl (C=O) groups is 1. The van der Waals surface area contributed by atoms with E-state index in [1.807, 2.05) is 48.7 Å². The van der Waals surface area contributed by atoms with Crippen LogP contribution in [0.2, 0.25) is 0 Å². The summed E-state index contributed by atoms with van der Waals surface area (Å²) in [5, 5.41) is 7.99. The molecular weight excluding hydrogens is 320 g/mol. The van der Waals surface area contributed by atoms with E-state index in [1.54, 1.807) is 25.5 Å². The summed E-state index contributed by atoms with van der Waals surface area (Å²) in [7, 11) is 1.70. The third kappa shape index (κ3) is 3.88. The molecule has 0 aliphatic carbocycles. The minimum absolute atomic E-state index is 0.212. The Labute approximate surface area is 145 Å². The predicted molar refractivity (Wildman–Crippen MR) is 91.4 cm³/mol. The van der Waals surface area contributed by atoms with Gasteiger partial charge in [-0.15, -0.1) is 10.2 Å². The van der Waals surface area contributed by atoms with Crippen molar-refractivity contribution < 1.29 is 13.9 Å². The average Bonchev–Trinajstić information content (AvgIpc) is 3.24. The summed E-state index contributed by atoms with van der Waals surface area (Å²) in [5.41, 5.74) is 0. The minimum Gasteiger partial charge on any atom is -0.426 e. The normalized spacial score (nSPS) is 10.9. The molecule has 0 radical (unpaired) electrons. The van der Waals surface area contributed by atoms with Crippen LogP contribution in [0.5, 0.6) is 11.7 Å².